The topological polar surface area (TPSA) is 29.3 Å². The van der Waals surface area contributed by atoms with Crippen molar-refractivity contribution in [3.05, 3.63) is 21.9 Å². The van der Waals surface area contributed by atoms with Gasteiger partial charge in [-0.3, -0.25) is 4.90 Å². The average Bonchev–Trinajstić information content (AvgIpc) is 2.65. The Morgan fingerprint density at radius 3 is 3.20 bits per heavy atom. The van der Waals surface area contributed by atoms with Crippen molar-refractivity contribution in [1.82, 2.24) is 4.90 Å². The monoisotopic (exact) mass is 224 g/mol. The van der Waals surface area contributed by atoms with E-state index in [2.05, 4.69) is 30.2 Å². The maximum absolute atomic E-state index is 5.81. The van der Waals surface area contributed by atoms with Crippen LogP contribution in [0.4, 0.5) is 0 Å². The normalized spacial score (nSPS) is 23.8. The summed E-state index contributed by atoms with van der Waals surface area (Å²) in [4.78, 5) is 4.14. The van der Waals surface area contributed by atoms with Crippen molar-refractivity contribution in [2.24, 2.45) is 5.73 Å². The summed E-state index contributed by atoms with van der Waals surface area (Å²) in [6.07, 6.45) is 2.32. The van der Waals surface area contributed by atoms with E-state index >= 15 is 0 Å². The molecule has 2 atom stereocenters. The van der Waals surface area contributed by atoms with Crippen LogP contribution in [0.2, 0.25) is 0 Å². The van der Waals surface area contributed by atoms with Crippen LogP contribution in [0.15, 0.2) is 11.4 Å². The molecule has 2 heterocycles. The highest BCUT2D eigenvalue weighted by atomic mass is 32.1. The summed E-state index contributed by atoms with van der Waals surface area (Å²) >= 11 is 1.90. The molecule has 2 N–H and O–H groups in total. The maximum atomic E-state index is 5.81. The van der Waals surface area contributed by atoms with E-state index in [1.807, 2.05) is 11.3 Å². The lowest BCUT2D eigenvalue weighted by Gasteiger charge is -2.33. The summed E-state index contributed by atoms with van der Waals surface area (Å²) in [6, 6.07) is 3.18. The minimum atomic E-state index is 0.320. The Kier molecular flexibility index (Phi) is 3.44. The molecule has 0 aromatic carbocycles. The van der Waals surface area contributed by atoms with Crippen molar-refractivity contribution in [3.63, 3.8) is 0 Å². The Morgan fingerprint density at radius 1 is 1.67 bits per heavy atom. The fraction of sp³-hybridized carbons (Fsp3) is 0.667. The highest BCUT2D eigenvalue weighted by molar-refractivity contribution is 7.10. The van der Waals surface area contributed by atoms with E-state index in [0.717, 1.165) is 13.0 Å². The quantitative estimate of drug-likeness (QED) is 0.854. The predicted octanol–water partition coefficient (Wildman–Crippen LogP) is 2.40. The highest BCUT2D eigenvalue weighted by Gasteiger charge is 2.24. The number of hydrogen-bond acceptors (Lipinski definition) is 3. The predicted molar refractivity (Wildman–Crippen MR) is 66.3 cm³/mol. The van der Waals surface area contributed by atoms with Crippen molar-refractivity contribution >= 4 is 11.3 Å². The van der Waals surface area contributed by atoms with Gasteiger partial charge in [-0.1, -0.05) is 0 Å². The zero-order valence-corrected chi connectivity index (χ0v) is 10.4. The summed E-state index contributed by atoms with van der Waals surface area (Å²) in [6.45, 7) is 6.73. The van der Waals surface area contributed by atoms with Crippen molar-refractivity contribution in [2.45, 2.75) is 38.8 Å². The molecule has 0 radical (unpaired) electrons. The Hall–Kier alpha value is -0.380. The van der Waals surface area contributed by atoms with Crippen LogP contribution in [-0.4, -0.2) is 24.0 Å². The van der Waals surface area contributed by atoms with Crippen LogP contribution in [0.25, 0.3) is 0 Å². The van der Waals surface area contributed by atoms with Gasteiger partial charge in [0.05, 0.1) is 0 Å². The molecule has 0 spiro atoms. The smallest absolute Gasteiger partial charge is 0.0331 e. The third-order valence-corrected chi connectivity index (χ3v) is 4.27. The molecule has 3 heteroatoms. The van der Waals surface area contributed by atoms with Gasteiger partial charge in [0.2, 0.25) is 0 Å². The van der Waals surface area contributed by atoms with E-state index in [-0.39, 0.29) is 0 Å². The van der Waals surface area contributed by atoms with Gasteiger partial charge >= 0.3 is 0 Å². The molecule has 0 saturated heterocycles. The number of rotatable bonds is 3. The largest absolute Gasteiger partial charge is 0.328 e. The fourth-order valence-electron chi connectivity index (χ4n) is 2.24. The lowest BCUT2D eigenvalue weighted by atomic mass is 10.0. The van der Waals surface area contributed by atoms with Crippen LogP contribution in [0.5, 0.6) is 0 Å². The minimum absolute atomic E-state index is 0.320. The van der Waals surface area contributed by atoms with Crippen molar-refractivity contribution in [2.75, 3.05) is 13.1 Å². The van der Waals surface area contributed by atoms with Gasteiger partial charge in [-0.25, -0.2) is 0 Å². The van der Waals surface area contributed by atoms with Gasteiger partial charge in [0, 0.05) is 30.1 Å². The molecule has 1 aliphatic heterocycles. The first-order valence-electron chi connectivity index (χ1n) is 5.74. The number of nitrogens with two attached hydrogens (primary N) is 1. The van der Waals surface area contributed by atoms with Crippen molar-refractivity contribution in [3.8, 4) is 0 Å². The molecule has 0 saturated carbocycles. The third kappa shape index (κ3) is 2.41. The van der Waals surface area contributed by atoms with Gasteiger partial charge in [-0.2, -0.15) is 0 Å². The summed E-state index contributed by atoms with van der Waals surface area (Å²) in [5.41, 5.74) is 7.34. The molecule has 15 heavy (non-hydrogen) atoms. The van der Waals surface area contributed by atoms with E-state index in [0.29, 0.717) is 12.1 Å². The van der Waals surface area contributed by atoms with E-state index in [4.69, 9.17) is 5.73 Å². The summed E-state index contributed by atoms with van der Waals surface area (Å²) < 4.78 is 0. The maximum Gasteiger partial charge on any atom is 0.0331 e. The Morgan fingerprint density at radius 2 is 2.47 bits per heavy atom. The van der Waals surface area contributed by atoms with E-state index in [1.165, 1.54) is 18.5 Å². The second kappa shape index (κ2) is 4.64. The highest BCUT2D eigenvalue weighted by Crippen LogP contribution is 2.32. The van der Waals surface area contributed by atoms with Gasteiger partial charge in [0.15, 0.2) is 0 Å². The molecule has 1 aromatic heterocycles. The standard InChI is InChI=1S/C12H20N2S/c1-9(13)3-6-14-7-4-12-11(10(14)2)5-8-15-12/h5,8-10H,3-4,6-7,13H2,1-2H3. The Labute approximate surface area is 96.1 Å². The first-order chi connectivity index (χ1) is 7.18. The first-order valence-corrected chi connectivity index (χ1v) is 6.62. The SMILES string of the molecule is CC(N)CCN1CCc2sccc2C1C. The van der Waals surface area contributed by atoms with Gasteiger partial charge in [-0.05, 0) is 43.7 Å². The summed E-state index contributed by atoms with van der Waals surface area (Å²) in [5, 5.41) is 2.22. The second-order valence-corrected chi connectivity index (χ2v) is 5.53. The van der Waals surface area contributed by atoms with Crippen molar-refractivity contribution < 1.29 is 0 Å². The molecule has 0 amide bonds. The van der Waals surface area contributed by atoms with E-state index in [9.17, 15) is 0 Å². The van der Waals surface area contributed by atoms with Crippen LogP contribution < -0.4 is 5.73 Å². The lowest BCUT2D eigenvalue weighted by Crippen LogP contribution is -2.36. The zero-order valence-electron chi connectivity index (χ0n) is 9.57. The van der Waals surface area contributed by atoms with Gasteiger partial charge in [0.25, 0.3) is 0 Å². The molecule has 2 unspecified atom stereocenters. The average molecular weight is 224 g/mol. The number of thiophene rings is 1. The Balaban J connectivity index is 2.00. The number of hydrogen-bond donors (Lipinski definition) is 1. The Bertz CT molecular complexity index is 319. The van der Waals surface area contributed by atoms with E-state index in [1.54, 1.807) is 4.88 Å². The molecule has 2 nitrogen and oxygen atoms in total. The minimum Gasteiger partial charge on any atom is -0.328 e. The van der Waals surface area contributed by atoms with Gasteiger partial charge in [0.1, 0.15) is 0 Å². The zero-order chi connectivity index (χ0) is 10.8. The van der Waals surface area contributed by atoms with Crippen molar-refractivity contribution in [1.29, 1.82) is 0 Å². The third-order valence-electron chi connectivity index (χ3n) is 3.28. The van der Waals surface area contributed by atoms with E-state index < -0.39 is 0 Å². The molecule has 84 valence electrons. The molecular weight excluding hydrogens is 204 g/mol. The van der Waals surface area contributed by atoms with Crippen LogP contribution in [-0.2, 0) is 6.42 Å². The molecule has 1 aliphatic rings. The number of nitrogens with zero attached hydrogens (tertiary/aromatic N) is 1. The van der Waals surface area contributed by atoms with Crippen LogP contribution >= 0.6 is 11.3 Å². The molecule has 0 bridgehead atoms. The first kappa shape index (κ1) is 11.1. The molecule has 0 fully saturated rings. The fourth-order valence-corrected chi connectivity index (χ4v) is 3.20. The van der Waals surface area contributed by atoms with Crippen LogP contribution in [0.3, 0.4) is 0 Å². The van der Waals surface area contributed by atoms with Crippen LogP contribution in [0.1, 0.15) is 36.8 Å². The summed E-state index contributed by atoms with van der Waals surface area (Å²) in [7, 11) is 0. The second-order valence-electron chi connectivity index (χ2n) is 4.53. The molecular formula is C12H20N2S. The summed E-state index contributed by atoms with van der Waals surface area (Å²) in [5.74, 6) is 0. The lowest BCUT2D eigenvalue weighted by molar-refractivity contribution is 0.194. The number of fused-ring (bicyclic) bond motifs is 1. The molecule has 0 aliphatic carbocycles. The van der Waals surface area contributed by atoms with Gasteiger partial charge < -0.3 is 5.73 Å². The van der Waals surface area contributed by atoms with Crippen LogP contribution in [0, 0.1) is 0 Å². The molecule has 2 rings (SSSR count). The molecule has 1 aromatic rings. The van der Waals surface area contributed by atoms with Gasteiger partial charge in [-0.15, -0.1) is 11.3 Å².